The zero-order chi connectivity index (χ0) is 8.55. The van der Waals surface area contributed by atoms with E-state index < -0.39 is 0 Å². The molecule has 0 bridgehead atoms. The van der Waals surface area contributed by atoms with Crippen molar-refractivity contribution in [2.75, 3.05) is 0 Å². The minimum atomic E-state index is 0.703. The summed E-state index contributed by atoms with van der Waals surface area (Å²) in [5.74, 6) is 0. The fraction of sp³-hybridized carbons (Fsp3) is 0. The predicted molar refractivity (Wildman–Crippen MR) is 59.3 cm³/mol. The number of hydrogen-bond donors (Lipinski definition) is 0. The predicted octanol–water partition coefficient (Wildman–Crippen LogP) is -1.48. The van der Waals surface area contributed by atoms with Crippen LogP contribution >= 0.6 is 0 Å². The SMILES string of the molecule is [SnH][c]1ccc(-c2cc[c]([SnH])[se]2)[se]1. The Labute approximate surface area is 110 Å². The molecule has 2 rings (SSSR count). The fourth-order valence-corrected chi connectivity index (χ4v) is 9.11. The van der Waals surface area contributed by atoms with E-state index in [1.807, 2.05) is 0 Å². The Morgan fingerprint density at radius 1 is 0.750 bits per heavy atom. The van der Waals surface area contributed by atoms with Crippen molar-refractivity contribution >= 4 is 79.0 Å². The molecule has 0 saturated heterocycles. The van der Waals surface area contributed by atoms with E-state index >= 15 is 0 Å². The van der Waals surface area contributed by atoms with Crippen LogP contribution in [0, 0.1) is 0 Å². The molecule has 0 nitrogen and oxygen atoms in total. The van der Waals surface area contributed by atoms with E-state index in [2.05, 4.69) is 24.3 Å². The van der Waals surface area contributed by atoms with Gasteiger partial charge in [0.2, 0.25) is 0 Å². The van der Waals surface area contributed by atoms with Crippen LogP contribution < -0.4 is 4.91 Å². The normalized spacial score (nSPS) is 10.5. The summed E-state index contributed by atoms with van der Waals surface area (Å²) in [5.41, 5.74) is 0. The van der Waals surface area contributed by atoms with Gasteiger partial charge in [0.1, 0.15) is 0 Å². The summed E-state index contributed by atoms with van der Waals surface area (Å²) in [6.07, 6.45) is 0. The standard InChI is InChI=1S/C8H4Se2.2Sn.2H/c1-3-7(9-5-1)8-4-2-6-10-8;;;;/h1-4H;;;;. The fourth-order valence-electron chi connectivity index (χ4n) is 0.971. The molecule has 2 aromatic heterocycles. The Kier molecular flexibility index (Phi) is 3.72. The molecule has 4 radical (unpaired) electrons. The summed E-state index contributed by atoms with van der Waals surface area (Å²) in [7, 11) is 0. The van der Waals surface area contributed by atoms with Crippen LogP contribution in [-0.4, -0.2) is 74.1 Å². The summed E-state index contributed by atoms with van der Waals surface area (Å²) in [5, 5.41) is 0. The number of rotatable bonds is 1. The van der Waals surface area contributed by atoms with E-state index in [4.69, 9.17) is 0 Å². The van der Waals surface area contributed by atoms with Gasteiger partial charge in [-0.1, -0.05) is 0 Å². The van der Waals surface area contributed by atoms with Crippen molar-refractivity contribution in [3.05, 3.63) is 24.3 Å². The van der Waals surface area contributed by atoms with Crippen molar-refractivity contribution in [1.82, 2.24) is 0 Å². The second kappa shape index (κ2) is 4.41. The van der Waals surface area contributed by atoms with Gasteiger partial charge in [-0.3, -0.25) is 0 Å². The van der Waals surface area contributed by atoms with Crippen molar-refractivity contribution in [3.8, 4) is 8.87 Å². The van der Waals surface area contributed by atoms with Crippen LogP contribution in [0.1, 0.15) is 0 Å². The molecule has 0 aliphatic carbocycles. The third kappa shape index (κ3) is 2.34. The van der Waals surface area contributed by atoms with Gasteiger partial charge >= 0.3 is 112 Å². The monoisotopic (exact) mass is 502 g/mol. The molecule has 0 aliphatic rings. The quantitative estimate of drug-likeness (QED) is 0.422. The topological polar surface area (TPSA) is 0 Å². The van der Waals surface area contributed by atoms with Crippen LogP contribution in [0.4, 0.5) is 0 Å². The molecule has 0 aliphatic heterocycles. The molecule has 0 N–H and O–H groups in total. The molecule has 58 valence electrons. The third-order valence-corrected chi connectivity index (χ3v) is 10.7. The van der Waals surface area contributed by atoms with Crippen LogP contribution in [0.3, 0.4) is 0 Å². The molecule has 12 heavy (non-hydrogen) atoms. The first-order valence-electron chi connectivity index (χ1n) is 3.47. The molecule has 0 saturated carbocycles. The van der Waals surface area contributed by atoms with Gasteiger partial charge in [-0.15, -0.1) is 0 Å². The summed E-state index contributed by atoms with van der Waals surface area (Å²) in [6, 6.07) is 9.36. The Hall–Kier alpha value is 1.60. The van der Waals surface area contributed by atoms with E-state index in [1.54, 1.807) is 13.8 Å². The van der Waals surface area contributed by atoms with Gasteiger partial charge in [-0.25, -0.2) is 0 Å². The molecule has 0 fully saturated rings. The Morgan fingerprint density at radius 2 is 1.17 bits per heavy atom. The molecular weight excluding hydrogens is 491 g/mol. The summed E-state index contributed by atoms with van der Waals surface area (Å²) < 4.78 is 6.71. The minimum absolute atomic E-state index is 0.703. The van der Waals surface area contributed by atoms with Crippen LogP contribution in [-0.2, 0) is 0 Å². The van der Waals surface area contributed by atoms with Gasteiger partial charge in [0.05, 0.1) is 0 Å². The van der Waals surface area contributed by atoms with E-state index in [-0.39, 0.29) is 0 Å². The average molecular weight is 497 g/mol. The van der Waals surface area contributed by atoms with Crippen molar-refractivity contribution in [1.29, 1.82) is 0 Å². The Morgan fingerprint density at radius 3 is 1.42 bits per heavy atom. The van der Waals surface area contributed by atoms with E-state index in [9.17, 15) is 0 Å². The second-order valence-electron chi connectivity index (χ2n) is 2.40. The van der Waals surface area contributed by atoms with Gasteiger partial charge in [0, 0.05) is 0 Å². The van der Waals surface area contributed by atoms with Crippen LogP contribution in [0.5, 0.6) is 0 Å². The molecule has 0 spiro atoms. The zero-order valence-corrected chi connectivity index (χ0v) is 16.3. The first kappa shape index (κ1) is 10.1. The maximum absolute atomic E-state index is 2.35. The molecule has 0 unspecified atom stereocenters. The summed E-state index contributed by atoms with van der Waals surface area (Å²) in [6.45, 7) is 0. The molecule has 2 heterocycles. The van der Waals surface area contributed by atoms with Gasteiger partial charge in [-0.05, 0) is 0 Å². The first-order chi connectivity index (χ1) is 5.75. The Balaban J connectivity index is 2.43. The third-order valence-electron chi connectivity index (χ3n) is 1.50. The summed E-state index contributed by atoms with van der Waals surface area (Å²) >= 11 is 4.06. The second-order valence-corrected chi connectivity index (χ2v) is 16.0. The first-order valence-corrected chi connectivity index (χ1v) is 10.2. The van der Waals surface area contributed by atoms with E-state index in [0.29, 0.717) is 29.0 Å². The van der Waals surface area contributed by atoms with Crippen molar-refractivity contribution in [2.45, 2.75) is 0 Å². The van der Waals surface area contributed by atoms with Crippen molar-refractivity contribution in [2.24, 2.45) is 0 Å². The van der Waals surface area contributed by atoms with Gasteiger partial charge in [0.25, 0.3) is 0 Å². The maximum atomic E-state index is 2.35. The molecule has 0 atom stereocenters. The average Bonchev–Trinajstić information content (AvgIpc) is 2.58. The number of hydrogen-bond acceptors (Lipinski definition) is 0. The molecule has 2 aromatic rings. The molecule has 0 aromatic carbocycles. The summed E-state index contributed by atoms with van der Waals surface area (Å²) in [4.78, 5) is 0. The van der Waals surface area contributed by atoms with E-state index in [1.165, 1.54) is 45.0 Å². The van der Waals surface area contributed by atoms with Crippen molar-refractivity contribution in [3.63, 3.8) is 0 Å². The van der Waals surface area contributed by atoms with E-state index in [0.717, 1.165) is 0 Å². The molecule has 0 amide bonds. The molecular formula is C8H6Se2Sn2. The molecule has 4 heteroatoms. The van der Waals surface area contributed by atoms with Gasteiger partial charge < -0.3 is 0 Å². The van der Waals surface area contributed by atoms with Crippen LogP contribution in [0.25, 0.3) is 8.87 Å². The Bertz CT molecular complexity index is 351. The van der Waals surface area contributed by atoms with Gasteiger partial charge in [-0.2, -0.15) is 0 Å². The van der Waals surface area contributed by atoms with Crippen molar-refractivity contribution < 1.29 is 0 Å². The van der Waals surface area contributed by atoms with Crippen LogP contribution in [0.15, 0.2) is 24.3 Å². The zero-order valence-electron chi connectivity index (χ0n) is 6.28. The van der Waals surface area contributed by atoms with Crippen LogP contribution in [0.2, 0.25) is 0 Å². The van der Waals surface area contributed by atoms with Gasteiger partial charge in [0.15, 0.2) is 0 Å².